The molecule has 0 bridgehead atoms. The van der Waals surface area contributed by atoms with Crippen LogP contribution in [0.25, 0.3) is 11.3 Å². The van der Waals surface area contributed by atoms with Crippen LogP contribution in [0.4, 0.5) is 0 Å². The maximum atomic E-state index is 12.9. The van der Waals surface area contributed by atoms with Gasteiger partial charge in [-0.2, -0.15) is 5.10 Å². The van der Waals surface area contributed by atoms with Crippen LogP contribution in [0.15, 0.2) is 41.1 Å². The molecule has 3 aromatic heterocycles. The lowest BCUT2D eigenvalue weighted by molar-refractivity contribution is 0.0966. The van der Waals surface area contributed by atoms with Gasteiger partial charge in [-0.25, -0.2) is 0 Å². The number of nitrogens with zero attached hydrogens (tertiary/aromatic N) is 3. The number of hydrogen-bond acceptors (Lipinski definition) is 5. The highest BCUT2D eigenvalue weighted by Crippen LogP contribution is 2.39. The molecule has 1 atom stereocenters. The molecule has 0 aliphatic carbocycles. The SMILES string of the molecule is NC[C@@H](CC(=O)c1cc2c(s1)CCCn1ncc(Br)c1-2)Cc1ccccn1. The average molecular weight is 445 g/mol. The molecule has 27 heavy (non-hydrogen) atoms. The highest BCUT2D eigenvalue weighted by molar-refractivity contribution is 9.10. The number of ketones is 1. The minimum absolute atomic E-state index is 0.103. The van der Waals surface area contributed by atoms with Crippen molar-refractivity contribution >= 4 is 33.0 Å². The number of hydrogen-bond donors (Lipinski definition) is 1. The second kappa shape index (κ2) is 8.04. The summed E-state index contributed by atoms with van der Waals surface area (Å²) in [6, 6.07) is 7.89. The second-order valence-corrected chi connectivity index (χ2v) is 8.86. The Balaban J connectivity index is 1.55. The van der Waals surface area contributed by atoms with Crippen molar-refractivity contribution in [1.82, 2.24) is 14.8 Å². The maximum Gasteiger partial charge on any atom is 0.173 e. The van der Waals surface area contributed by atoms with E-state index in [1.807, 2.05) is 35.1 Å². The van der Waals surface area contributed by atoms with Crippen LogP contribution in [-0.2, 0) is 19.4 Å². The Bertz CT molecular complexity index is 950. The molecule has 0 fully saturated rings. The lowest BCUT2D eigenvalue weighted by atomic mass is 9.96. The molecule has 4 rings (SSSR count). The van der Waals surface area contributed by atoms with E-state index in [1.165, 1.54) is 4.88 Å². The molecule has 5 nitrogen and oxygen atoms in total. The minimum Gasteiger partial charge on any atom is -0.330 e. The third kappa shape index (κ3) is 3.90. The van der Waals surface area contributed by atoms with E-state index in [-0.39, 0.29) is 11.7 Å². The Morgan fingerprint density at radius 3 is 3.07 bits per heavy atom. The first-order valence-electron chi connectivity index (χ1n) is 9.13. The quantitative estimate of drug-likeness (QED) is 0.580. The zero-order chi connectivity index (χ0) is 18.8. The summed E-state index contributed by atoms with van der Waals surface area (Å²) < 4.78 is 3.01. The van der Waals surface area contributed by atoms with Gasteiger partial charge in [0, 0.05) is 35.3 Å². The van der Waals surface area contributed by atoms with Crippen molar-refractivity contribution in [1.29, 1.82) is 0 Å². The second-order valence-electron chi connectivity index (χ2n) is 6.87. The predicted molar refractivity (Wildman–Crippen MR) is 111 cm³/mol. The number of rotatable bonds is 6. The van der Waals surface area contributed by atoms with E-state index in [2.05, 4.69) is 26.0 Å². The van der Waals surface area contributed by atoms with Crippen molar-refractivity contribution in [2.75, 3.05) is 6.54 Å². The number of carbonyl (C=O) groups is 1. The van der Waals surface area contributed by atoms with Gasteiger partial charge in [0.15, 0.2) is 5.78 Å². The summed E-state index contributed by atoms with van der Waals surface area (Å²) in [5.41, 5.74) is 9.14. The predicted octanol–water partition coefficient (Wildman–Crippen LogP) is 4.11. The van der Waals surface area contributed by atoms with Gasteiger partial charge in [0.25, 0.3) is 0 Å². The van der Waals surface area contributed by atoms with Crippen LogP contribution >= 0.6 is 27.3 Å². The smallest absolute Gasteiger partial charge is 0.173 e. The van der Waals surface area contributed by atoms with Gasteiger partial charge in [0.1, 0.15) is 0 Å². The normalized spacial score (nSPS) is 14.3. The molecule has 3 aromatic rings. The molecule has 0 spiro atoms. The van der Waals surface area contributed by atoms with Crippen LogP contribution in [0.3, 0.4) is 0 Å². The number of aromatic nitrogens is 3. The van der Waals surface area contributed by atoms with Crippen molar-refractivity contribution in [2.24, 2.45) is 11.7 Å². The molecule has 0 saturated carbocycles. The highest BCUT2D eigenvalue weighted by Gasteiger charge is 2.24. The molecule has 0 aromatic carbocycles. The molecular formula is C20H21BrN4OS. The Hall–Kier alpha value is -1.83. The molecular weight excluding hydrogens is 424 g/mol. The average Bonchev–Trinajstić information content (AvgIpc) is 3.21. The van der Waals surface area contributed by atoms with Gasteiger partial charge < -0.3 is 5.73 Å². The van der Waals surface area contributed by atoms with Crippen molar-refractivity contribution in [3.63, 3.8) is 0 Å². The number of thiophene rings is 1. The molecule has 0 amide bonds. The van der Waals surface area contributed by atoms with Crippen LogP contribution in [-0.4, -0.2) is 27.1 Å². The summed E-state index contributed by atoms with van der Waals surface area (Å²) in [5, 5.41) is 4.44. The number of Topliss-reactive ketones (excluding diaryl/α,β-unsaturated/α-hetero) is 1. The molecule has 1 aliphatic heterocycles. The highest BCUT2D eigenvalue weighted by atomic mass is 79.9. The molecule has 2 N–H and O–H groups in total. The molecule has 4 heterocycles. The first kappa shape index (κ1) is 18.5. The van der Waals surface area contributed by atoms with Crippen molar-refractivity contribution in [3.8, 4) is 11.3 Å². The zero-order valence-electron chi connectivity index (χ0n) is 14.9. The largest absolute Gasteiger partial charge is 0.330 e. The number of pyridine rings is 1. The monoisotopic (exact) mass is 444 g/mol. The molecule has 7 heteroatoms. The van der Waals surface area contributed by atoms with E-state index >= 15 is 0 Å². The van der Waals surface area contributed by atoms with Crippen LogP contribution in [0, 0.1) is 5.92 Å². The summed E-state index contributed by atoms with van der Waals surface area (Å²) in [6.45, 7) is 1.39. The summed E-state index contributed by atoms with van der Waals surface area (Å²) in [7, 11) is 0. The van der Waals surface area contributed by atoms with Crippen LogP contribution in [0.1, 0.15) is 33.1 Å². The summed E-state index contributed by atoms with van der Waals surface area (Å²) in [5.74, 6) is 0.271. The fourth-order valence-electron chi connectivity index (χ4n) is 3.56. The van der Waals surface area contributed by atoms with Gasteiger partial charge in [-0.1, -0.05) is 6.07 Å². The topological polar surface area (TPSA) is 73.8 Å². The zero-order valence-corrected chi connectivity index (χ0v) is 17.3. The van der Waals surface area contributed by atoms with Crippen LogP contribution in [0.2, 0.25) is 0 Å². The molecule has 0 radical (unpaired) electrons. The molecule has 0 unspecified atom stereocenters. The third-order valence-electron chi connectivity index (χ3n) is 4.94. The summed E-state index contributed by atoms with van der Waals surface area (Å²) >= 11 is 5.23. The van der Waals surface area contributed by atoms with E-state index in [1.54, 1.807) is 17.5 Å². The van der Waals surface area contributed by atoms with E-state index < -0.39 is 0 Å². The molecule has 140 valence electrons. The maximum absolute atomic E-state index is 12.9. The summed E-state index contributed by atoms with van der Waals surface area (Å²) in [4.78, 5) is 19.4. The number of halogens is 1. The lowest BCUT2D eigenvalue weighted by Gasteiger charge is -2.12. The van der Waals surface area contributed by atoms with Gasteiger partial charge in [0.2, 0.25) is 0 Å². The third-order valence-corrected chi connectivity index (χ3v) is 6.76. The van der Waals surface area contributed by atoms with Crippen molar-refractivity contribution in [3.05, 3.63) is 56.6 Å². The fourth-order valence-corrected chi connectivity index (χ4v) is 5.22. The van der Waals surface area contributed by atoms with Gasteiger partial charge in [0.05, 0.1) is 21.2 Å². The van der Waals surface area contributed by atoms with E-state index in [0.29, 0.717) is 13.0 Å². The first-order valence-corrected chi connectivity index (χ1v) is 10.7. The number of nitrogens with two attached hydrogens (primary N) is 1. The molecule has 1 aliphatic rings. The number of carbonyl (C=O) groups excluding carboxylic acids is 1. The van der Waals surface area contributed by atoms with Crippen LogP contribution in [0.5, 0.6) is 0 Å². The van der Waals surface area contributed by atoms with E-state index in [9.17, 15) is 4.79 Å². The van der Waals surface area contributed by atoms with Crippen molar-refractivity contribution < 1.29 is 4.79 Å². The Morgan fingerprint density at radius 1 is 1.41 bits per heavy atom. The lowest BCUT2D eigenvalue weighted by Crippen LogP contribution is -2.20. The van der Waals surface area contributed by atoms with Gasteiger partial charge in [-0.3, -0.25) is 14.5 Å². The van der Waals surface area contributed by atoms with Gasteiger partial charge in [-0.15, -0.1) is 11.3 Å². The fraction of sp³-hybridized carbons (Fsp3) is 0.350. The Labute approximate surface area is 170 Å². The minimum atomic E-state index is 0.103. The molecule has 0 saturated heterocycles. The van der Waals surface area contributed by atoms with E-state index in [4.69, 9.17) is 5.73 Å². The Morgan fingerprint density at radius 2 is 2.30 bits per heavy atom. The van der Waals surface area contributed by atoms with E-state index in [0.717, 1.165) is 52.1 Å². The van der Waals surface area contributed by atoms with Crippen LogP contribution < -0.4 is 5.73 Å². The standard InChI is InChI=1S/C20H21BrN4OS/c21-16-12-24-25-7-3-5-18-15(20(16)25)10-19(27-18)17(26)9-13(11-22)8-14-4-1-2-6-23-14/h1-2,4,6,10,12-13H,3,5,7-9,11,22H2/t13-/m1/s1. The number of aryl methyl sites for hydroxylation is 2. The summed E-state index contributed by atoms with van der Waals surface area (Å²) in [6.07, 6.45) is 6.81. The first-order chi connectivity index (χ1) is 13.2. The van der Waals surface area contributed by atoms with Crippen molar-refractivity contribution in [2.45, 2.75) is 32.2 Å². The van der Waals surface area contributed by atoms with Gasteiger partial charge in [-0.05, 0) is 65.9 Å². The van der Waals surface area contributed by atoms with Gasteiger partial charge >= 0.3 is 0 Å². The Kier molecular flexibility index (Phi) is 5.52. The number of fused-ring (bicyclic) bond motifs is 3.